The minimum atomic E-state index is -1.15. The minimum absolute atomic E-state index is 0.207. The van der Waals surface area contributed by atoms with Gasteiger partial charge in [-0.1, -0.05) is 0 Å². The standard InChI is InChI=1S/C8H14N4O2S/c1-8(2,6(13)14)12(5-3-4-9)7(15)11-10/h3,5,10H2,1-2H3,(H,11,15)(H,13,14)/p+1. The van der Waals surface area contributed by atoms with Crippen LogP contribution in [0.1, 0.15) is 20.3 Å². The van der Waals surface area contributed by atoms with E-state index >= 15 is 0 Å². The molecule has 0 rings (SSSR count). The second kappa shape index (κ2) is 5.48. The van der Waals surface area contributed by atoms with Crippen molar-refractivity contribution < 1.29 is 15.7 Å². The summed E-state index contributed by atoms with van der Waals surface area (Å²) in [6.45, 7) is 3.31. The number of carbonyl (C=O) groups is 1. The third-order valence-electron chi connectivity index (χ3n) is 2.04. The van der Waals surface area contributed by atoms with Gasteiger partial charge in [-0.3, -0.25) is 5.84 Å². The highest BCUT2D eigenvalue weighted by Gasteiger charge is 2.36. The molecule has 0 heterocycles. The van der Waals surface area contributed by atoms with Gasteiger partial charge >= 0.3 is 5.97 Å². The summed E-state index contributed by atoms with van der Waals surface area (Å²) < 4.78 is 0. The van der Waals surface area contributed by atoms with E-state index in [1.54, 1.807) is 0 Å². The molecule has 0 amide bonds. The number of quaternary nitrogens is 1. The number of rotatable bonds is 4. The van der Waals surface area contributed by atoms with Crippen LogP contribution in [0, 0.1) is 11.3 Å². The molecule has 0 aliphatic heterocycles. The molecule has 5 N–H and O–H groups in total. The van der Waals surface area contributed by atoms with Crippen molar-refractivity contribution in [2.75, 3.05) is 6.54 Å². The van der Waals surface area contributed by atoms with Crippen molar-refractivity contribution in [1.29, 1.82) is 5.26 Å². The highest BCUT2D eigenvalue weighted by Crippen LogP contribution is 2.15. The lowest BCUT2D eigenvalue weighted by Crippen LogP contribution is -2.72. The molecular formula is C8H15N4O2S+. The molecule has 0 fully saturated rings. The molecule has 7 heteroatoms. The van der Waals surface area contributed by atoms with Crippen molar-refractivity contribution in [2.24, 2.45) is 0 Å². The summed E-state index contributed by atoms with van der Waals surface area (Å²) in [6.07, 6.45) is 0.207. The Morgan fingerprint density at radius 3 is 2.60 bits per heavy atom. The van der Waals surface area contributed by atoms with Gasteiger partial charge in [-0.05, 0) is 26.1 Å². The molecule has 0 saturated heterocycles. The van der Waals surface area contributed by atoms with E-state index in [-0.39, 0.29) is 18.1 Å². The predicted octanol–water partition coefficient (Wildman–Crippen LogP) is -0.903. The van der Waals surface area contributed by atoms with Crippen LogP contribution < -0.4 is 11.3 Å². The Morgan fingerprint density at radius 2 is 2.27 bits per heavy atom. The van der Waals surface area contributed by atoms with Crippen molar-refractivity contribution in [1.82, 2.24) is 10.3 Å². The van der Waals surface area contributed by atoms with Gasteiger partial charge in [0.05, 0.1) is 12.5 Å². The number of carboxylic acid groups (broad SMARTS) is 1. The summed E-state index contributed by atoms with van der Waals surface area (Å²) in [4.78, 5) is 12.4. The molecule has 0 aliphatic carbocycles. The van der Waals surface area contributed by atoms with Crippen molar-refractivity contribution in [2.45, 2.75) is 25.8 Å². The van der Waals surface area contributed by atoms with Gasteiger partial charge in [-0.15, -0.1) is 0 Å². The molecule has 0 atom stereocenters. The van der Waals surface area contributed by atoms with Crippen LogP contribution >= 0.6 is 12.2 Å². The van der Waals surface area contributed by atoms with Crippen LogP contribution in [0.2, 0.25) is 0 Å². The van der Waals surface area contributed by atoms with Crippen molar-refractivity contribution in [3.05, 3.63) is 0 Å². The van der Waals surface area contributed by atoms with E-state index in [4.69, 9.17) is 22.6 Å². The summed E-state index contributed by atoms with van der Waals surface area (Å²) in [7, 11) is 0. The summed E-state index contributed by atoms with van der Waals surface area (Å²) >= 11 is 4.94. The molecule has 0 saturated carbocycles. The van der Waals surface area contributed by atoms with Crippen LogP contribution in [0.3, 0.4) is 0 Å². The fourth-order valence-corrected chi connectivity index (χ4v) is 1.33. The maximum atomic E-state index is 11.0. The first kappa shape index (κ1) is 13.6. The second-order valence-electron chi connectivity index (χ2n) is 3.41. The molecule has 0 radical (unpaired) electrons. The van der Waals surface area contributed by atoms with Crippen LogP contribution in [0.4, 0.5) is 0 Å². The molecule has 15 heavy (non-hydrogen) atoms. The van der Waals surface area contributed by atoms with Crippen molar-refractivity contribution in [3.63, 3.8) is 0 Å². The van der Waals surface area contributed by atoms with Gasteiger partial charge in [0.15, 0.2) is 0 Å². The largest absolute Gasteiger partial charge is 0.480 e. The van der Waals surface area contributed by atoms with Gasteiger partial charge in [0, 0.05) is 6.54 Å². The lowest BCUT2D eigenvalue weighted by molar-refractivity contribution is -0.420. The van der Waals surface area contributed by atoms with Gasteiger partial charge in [-0.25, -0.2) is 10.2 Å². The monoisotopic (exact) mass is 231 g/mol. The Hall–Kier alpha value is -1.39. The van der Waals surface area contributed by atoms with Crippen LogP contribution in [-0.4, -0.2) is 33.2 Å². The number of hydrogen-bond acceptors (Lipinski definition) is 3. The number of thiocarbonyl (C=S) groups is 1. The quantitative estimate of drug-likeness (QED) is 0.428. The van der Waals surface area contributed by atoms with Crippen LogP contribution in [-0.2, 0) is 4.79 Å². The Labute approximate surface area is 93.6 Å². The second-order valence-corrected chi connectivity index (χ2v) is 3.79. The fraction of sp³-hybridized carbons (Fsp3) is 0.625. The molecule has 0 bridgehead atoms. The van der Waals surface area contributed by atoms with Gasteiger partial charge in [0.1, 0.15) is 5.54 Å². The average Bonchev–Trinajstić information content (AvgIpc) is 2.17. The van der Waals surface area contributed by atoms with Gasteiger partial charge in [-0.2, -0.15) is 5.26 Å². The smallest absolute Gasteiger partial charge is 0.329 e. The van der Waals surface area contributed by atoms with E-state index in [1.165, 1.54) is 18.7 Å². The fourth-order valence-electron chi connectivity index (χ4n) is 1.01. The Balaban J connectivity index is 4.85. The van der Waals surface area contributed by atoms with E-state index in [0.29, 0.717) is 0 Å². The summed E-state index contributed by atoms with van der Waals surface area (Å²) in [5, 5.41) is 17.7. The number of nitrogens with zero attached hydrogens (tertiary/aromatic N) is 2. The SMILES string of the molecule is CC(C)(C(=O)O)N(CCC#N)C(=S)N[NH3+]. The first-order valence-electron chi connectivity index (χ1n) is 4.33. The number of hydrogen-bond donors (Lipinski definition) is 3. The van der Waals surface area contributed by atoms with E-state index < -0.39 is 11.5 Å². The first-order valence-corrected chi connectivity index (χ1v) is 4.73. The van der Waals surface area contributed by atoms with Gasteiger partial charge in [0.25, 0.3) is 0 Å². The van der Waals surface area contributed by atoms with Crippen LogP contribution in [0.15, 0.2) is 0 Å². The molecule has 0 aliphatic rings. The average molecular weight is 231 g/mol. The highest BCUT2D eigenvalue weighted by atomic mass is 32.1. The Bertz CT molecular complexity index is 298. The number of carboxylic acids is 1. The molecule has 0 aromatic heterocycles. The number of nitriles is 1. The zero-order valence-corrected chi connectivity index (χ0v) is 9.60. The molecule has 0 unspecified atom stereocenters. The van der Waals surface area contributed by atoms with Crippen LogP contribution in [0.5, 0.6) is 0 Å². The van der Waals surface area contributed by atoms with Crippen molar-refractivity contribution >= 4 is 23.3 Å². The normalized spacial score (nSPS) is 10.3. The summed E-state index contributed by atoms with van der Waals surface area (Å²) in [5.41, 5.74) is 1.32. The molecule has 0 aromatic rings. The Kier molecular flexibility index (Phi) is 4.97. The maximum absolute atomic E-state index is 11.0. The maximum Gasteiger partial charge on any atom is 0.329 e. The summed E-state index contributed by atoms with van der Waals surface area (Å²) in [5.74, 6) is 2.38. The van der Waals surface area contributed by atoms with Gasteiger partial charge in [0.2, 0.25) is 5.11 Å². The predicted molar refractivity (Wildman–Crippen MR) is 57.3 cm³/mol. The zero-order valence-electron chi connectivity index (χ0n) is 8.78. The molecular weight excluding hydrogens is 216 g/mol. The van der Waals surface area contributed by atoms with Crippen molar-refractivity contribution in [3.8, 4) is 6.07 Å². The van der Waals surface area contributed by atoms with Gasteiger partial charge < -0.3 is 10.0 Å². The van der Waals surface area contributed by atoms with Crippen LogP contribution in [0.25, 0.3) is 0 Å². The minimum Gasteiger partial charge on any atom is -0.480 e. The van der Waals surface area contributed by atoms with E-state index in [1.807, 2.05) is 6.07 Å². The molecule has 0 aromatic carbocycles. The first-order chi connectivity index (χ1) is 6.87. The number of nitrogens with one attached hydrogen (secondary N) is 1. The lowest BCUT2D eigenvalue weighted by atomic mass is 10.0. The molecule has 6 nitrogen and oxygen atoms in total. The topological polar surface area (TPSA) is 104 Å². The third-order valence-corrected chi connectivity index (χ3v) is 2.41. The van der Waals surface area contributed by atoms with E-state index in [0.717, 1.165) is 0 Å². The lowest BCUT2D eigenvalue weighted by Gasteiger charge is -2.35. The zero-order chi connectivity index (χ0) is 12.1. The van der Waals surface area contributed by atoms with E-state index in [9.17, 15) is 4.79 Å². The molecule has 0 spiro atoms. The third kappa shape index (κ3) is 3.34. The highest BCUT2D eigenvalue weighted by molar-refractivity contribution is 7.80. The van der Waals surface area contributed by atoms with E-state index in [2.05, 4.69) is 11.3 Å². The summed E-state index contributed by atoms with van der Waals surface area (Å²) in [6, 6.07) is 1.95. The molecule has 84 valence electrons. The number of aliphatic carboxylic acids is 1. The Morgan fingerprint density at radius 1 is 1.73 bits per heavy atom.